The topological polar surface area (TPSA) is 9.23 Å². The quantitative estimate of drug-likeness (QED) is 0.479. The van der Waals surface area contributed by atoms with Crippen molar-refractivity contribution >= 4 is 0 Å². The van der Waals surface area contributed by atoms with Crippen LogP contribution in [0.15, 0.2) is 12.1 Å². The Morgan fingerprint density at radius 2 is 1.45 bits per heavy atom. The van der Waals surface area contributed by atoms with E-state index >= 15 is 0 Å². The highest BCUT2D eigenvalue weighted by atomic mass is 19.3. The molecule has 0 spiro atoms. The summed E-state index contributed by atoms with van der Waals surface area (Å²) in [4.78, 5) is 0. The van der Waals surface area contributed by atoms with Gasteiger partial charge in [0.15, 0.2) is 0 Å². The molecule has 0 fully saturated rings. The van der Waals surface area contributed by atoms with E-state index in [0.717, 1.165) is 0 Å². The van der Waals surface area contributed by atoms with Crippen molar-refractivity contribution in [1.29, 1.82) is 0 Å². The zero-order valence-electron chi connectivity index (χ0n) is 4.83. The van der Waals surface area contributed by atoms with E-state index in [1.807, 2.05) is 0 Å². The van der Waals surface area contributed by atoms with Crippen LogP contribution < -0.4 is 0 Å². The number of hydrogen-bond acceptors (Lipinski definition) is 1. The largest absolute Gasteiger partial charge is 0.426 e. The van der Waals surface area contributed by atoms with Gasteiger partial charge in [-0.1, -0.05) is 0 Å². The normalized spacial score (nSPS) is 13.0. The predicted octanol–water partition coefficient (Wildman–Crippen LogP) is 2.60. The van der Waals surface area contributed by atoms with Crippen molar-refractivity contribution in [3.63, 3.8) is 0 Å². The maximum absolute atomic E-state index is 11.6. The smallest absolute Gasteiger partial charge is 0.342 e. The molecule has 0 radical (unpaired) electrons. The number of alkyl halides is 3. The standard InChI is InChI=1S/C4H2F6O/c5-1(6)3(9)11-4(10)2(7)8/h1,3H. The Balaban J connectivity index is 3.96. The second-order valence-corrected chi connectivity index (χ2v) is 1.34. The summed E-state index contributed by atoms with van der Waals surface area (Å²) in [5.41, 5.74) is 0. The Hall–Kier alpha value is -0.880. The van der Waals surface area contributed by atoms with Crippen LogP contribution >= 0.6 is 0 Å². The Morgan fingerprint density at radius 3 is 1.73 bits per heavy atom. The SMILES string of the molecule is FC(F)=C(F)OC(F)C(F)F. The van der Waals surface area contributed by atoms with Crippen LogP contribution in [0.25, 0.3) is 0 Å². The van der Waals surface area contributed by atoms with Gasteiger partial charge in [-0.3, -0.25) is 0 Å². The number of ether oxygens (including phenoxy) is 1. The lowest BCUT2D eigenvalue weighted by Crippen LogP contribution is -2.15. The van der Waals surface area contributed by atoms with E-state index in [2.05, 4.69) is 4.74 Å². The molecule has 0 saturated heterocycles. The van der Waals surface area contributed by atoms with Crippen molar-refractivity contribution in [2.45, 2.75) is 12.8 Å². The Morgan fingerprint density at radius 1 is 1.00 bits per heavy atom. The summed E-state index contributed by atoms with van der Waals surface area (Å²) < 4.78 is 70.1. The van der Waals surface area contributed by atoms with Gasteiger partial charge in [0.2, 0.25) is 0 Å². The van der Waals surface area contributed by atoms with Gasteiger partial charge in [0.25, 0.3) is 0 Å². The highest BCUT2D eigenvalue weighted by Crippen LogP contribution is 2.17. The zero-order valence-corrected chi connectivity index (χ0v) is 4.83. The molecular formula is C4H2F6O. The molecule has 0 aliphatic rings. The van der Waals surface area contributed by atoms with Gasteiger partial charge in [-0.2, -0.15) is 17.6 Å². The first-order valence-electron chi connectivity index (χ1n) is 2.24. The molecule has 0 bridgehead atoms. The van der Waals surface area contributed by atoms with Crippen LogP contribution in [0, 0.1) is 0 Å². The number of rotatable bonds is 3. The molecule has 0 heterocycles. The highest BCUT2D eigenvalue weighted by Gasteiger charge is 2.23. The summed E-state index contributed by atoms with van der Waals surface area (Å²) in [5, 5.41) is 0. The van der Waals surface area contributed by atoms with Crippen LogP contribution in [0.1, 0.15) is 0 Å². The lowest BCUT2D eigenvalue weighted by molar-refractivity contribution is -0.121. The van der Waals surface area contributed by atoms with Crippen LogP contribution in [-0.2, 0) is 4.74 Å². The first kappa shape index (κ1) is 10.1. The van der Waals surface area contributed by atoms with Gasteiger partial charge >= 0.3 is 24.9 Å². The minimum Gasteiger partial charge on any atom is -0.426 e. The van der Waals surface area contributed by atoms with Crippen molar-refractivity contribution in [1.82, 2.24) is 0 Å². The van der Waals surface area contributed by atoms with Gasteiger partial charge in [-0.25, -0.2) is 8.78 Å². The Bertz CT molecular complexity index is 151. The number of halogens is 6. The lowest BCUT2D eigenvalue weighted by Gasteiger charge is -2.06. The predicted molar refractivity (Wildman–Crippen MR) is 22.3 cm³/mol. The fourth-order valence-electron chi connectivity index (χ4n) is 0.195. The molecule has 0 saturated carbocycles. The average Bonchev–Trinajstić information content (AvgIpc) is 1.87. The van der Waals surface area contributed by atoms with Crippen LogP contribution in [0.5, 0.6) is 0 Å². The first-order chi connectivity index (χ1) is 4.95. The maximum Gasteiger partial charge on any atom is 0.342 e. The molecule has 0 N–H and O–H groups in total. The molecule has 11 heavy (non-hydrogen) atoms. The summed E-state index contributed by atoms with van der Waals surface area (Å²) in [6.07, 6.45) is -10.00. The minimum atomic E-state index is -3.65. The molecule has 66 valence electrons. The molecule has 0 aliphatic carbocycles. The van der Waals surface area contributed by atoms with E-state index in [1.54, 1.807) is 0 Å². The molecule has 0 amide bonds. The molecule has 1 nitrogen and oxygen atoms in total. The summed E-state index contributed by atoms with van der Waals surface area (Å²) in [6.45, 7) is 0. The van der Waals surface area contributed by atoms with Crippen molar-refractivity contribution in [3.05, 3.63) is 12.1 Å². The second kappa shape index (κ2) is 4.09. The third-order valence-electron chi connectivity index (χ3n) is 0.563. The van der Waals surface area contributed by atoms with Crippen LogP contribution in [0.2, 0.25) is 0 Å². The third-order valence-corrected chi connectivity index (χ3v) is 0.563. The maximum atomic E-state index is 11.6. The molecule has 0 aromatic heterocycles. The van der Waals surface area contributed by atoms with Crippen LogP contribution in [0.3, 0.4) is 0 Å². The summed E-state index contributed by atoms with van der Waals surface area (Å²) in [5.74, 6) is 0. The molecule has 0 aromatic carbocycles. The summed E-state index contributed by atoms with van der Waals surface area (Å²) in [7, 11) is 0. The molecule has 0 aromatic rings. The first-order valence-corrected chi connectivity index (χ1v) is 2.24. The Kier molecular flexibility index (Phi) is 3.77. The molecule has 0 rings (SSSR count). The summed E-state index contributed by atoms with van der Waals surface area (Å²) in [6, 6.07) is -2.63. The van der Waals surface area contributed by atoms with E-state index in [9.17, 15) is 26.3 Å². The van der Waals surface area contributed by atoms with Crippen LogP contribution in [-0.4, -0.2) is 12.8 Å². The van der Waals surface area contributed by atoms with Gasteiger partial charge in [-0.15, -0.1) is 0 Å². The van der Waals surface area contributed by atoms with E-state index in [0.29, 0.717) is 0 Å². The van der Waals surface area contributed by atoms with E-state index < -0.39 is 24.9 Å². The molecule has 1 atom stereocenters. The second-order valence-electron chi connectivity index (χ2n) is 1.34. The van der Waals surface area contributed by atoms with Gasteiger partial charge in [0, 0.05) is 0 Å². The van der Waals surface area contributed by atoms with Crippen molar-refractivity contribution in [2.75, 3.05) is 0 Å². The third kappa shape index (κ3) is 3.74. The molecule has 1 unspecified atom stereocenters. The fourth-order valence-corrected chi connectivity index (χ4v) is 0.195. The highest BCUT2D eigenvalue weighted by molar-refractivity contribution is 4.81. The van der Waals surface area contributed by atoms with Crippen molar-refractivity contribution in [2.24, 2.45) is 0 Å². The lowest BCUT2D eigenvalue weighted by atomic mass is 10.7. The Labute approximate surface area is 57.3 Å². The van der Waals surface area contributed by atoms with E-state index in [1.165, 1.54) is 0 Å². The minimum absolute atomic E-state index is 2.63. The van der Waals surface area contributed by atoms with E-state index in [-0.39, 0.29) is 0 Å². The van der Waals surface area contributed by atoms with Gasteiger partial charge in [0.1, 0.15) is 0 Å². The van der Waals surface area contributed by atoms with Gasteiger partial charge < -0.3 is 4.74 Å². The average molecular weight is 180 g/mol. The molecular weight excluding hydrogens is 178 g/mol. The van der Waals surface area contributed by atoms with Crippen LogP contribution in [0.4, 0.5) is 26.3 Å². The number of hydrogen-bond donors (Lipinski definition) is 0. The summed E-state index contributed by atoms with van der Waals surface area (Å²) >= 11 is 0. The van der Waals surface area contributed by atoms with Crippen molar-refractivity contribution < 1.29 is 31.1 Å². The molecule has 7 heteroatoms. The zero-order chi connectivity index (χ0) is 9.02. The fraction of sp³-hybridized carbons (Fsp3) is 0.500. The monoisotopic (exact) mass is 180 g/mol. The van der Waals surface area contributed by atoms with Gasteiger partial charge in [-0.05, 0) is 0 Å². The van der Waals surface area contributed by atoms with Gasteiger partial charge in [0.05, 0.1) is 0 Å². The van der Waals surface area contributed by atoms with E-state index in [4.69, 9.17) is 0 Å². The molecule has 0 aliphatic heterocycles. The van der Waals surface area contributed by atoms with Crippen molar-refractivity contribution in [3.8, 4) is 0 Å².